The molecule has 0 aliphatic rings. The van der Waals surface area contributed by atoms with Gasteiger partial charge in [-0.2, -0.15) is 0 Å². The van der Waals surface area contributed by atoms with Gasteiger partial charge in [0.1, 0.15) is 5.82 Å². The Hall–Kier alpha value is -2.77. The number of carbonyl (C=O) groups is 2. The molecule has 7 heteroatoms. The van der Waals surface area contributed by atoms with Crippen LogP contribution in [0.4, 0.5) is 10.1 Å². The number of anilines is 1. The summed E-state index contributed by atoms with van der Waals surface area (Å²) < 4.78 is 14.5. The Kier molecular flexibility index (Phi) is 6.82. The number of rotatable bonds is 8. The van der Waals surface area contributed by atoms with Crippen molar-refractivity contribution >= 4 is 18.0 Å². The Bertz CT molecular complexity index is 765. The average molecular weight is 359 g/mol. The van der Waals surface area contributed by atoms with E-state index in [1.807, 2.05) is 12.1 Å². The van der Waals surface area contributed by atoms with Gasteiger partial charge in [-0.1, -0.05) is 24.3 Å². The van der Waals surface area contributed by atoms with Gasteiger partial charge in [0.15, 0.2) is 0 Å². The van der Waals surface area contributed by atoms with Gasteiger partial charge in [-0.15, -0.1) is 0 Å². The van der Waals surface area contributed by atoms with Crippen LogP contribution < -0.4 is 16.0 Å². The second-order valence-electron chi connectivity index (χ2n) is 5.91. The maximum Gasteiger partial charge on any atom is 0.216 e. The third kappa shape index (κ3) is 5.11. The van der Waals surface area contributed by atoms with Crippen molar-refractivity contribution < 1.29 is 19.1 Å². The van der Waals surface area contributed by atoms with Crippen molar-refractivity contribution in [3.05, 3.63) is 53.8 Å². The maximum absolute atomic E-state index is 14.5. The van der Waals surface area contributed by atoms with Gasteiger partial charge in [-0.25, -0.2) is 4.39 Å². The van der Waals surface area contributed by atoms with E-state index in [2.05, 4.69) is 5.32 Å². The summed E-state index contributed by atoms with van der Waals surface area (Å²) in [7, 11) is 0. The van der Waals surface area contributed by atoms with E-state index in [1.54, 1.807) is 24.3 Å². The first-order valence-electron chi connectivity index (χ1n) is 8.18. The minimum absolute atomic E-state index is 0.00767. The fourth-order valence-corrected chi connectivity index (χ4v) is 2.50. The van der Waals surface area contributed by atoms with E-state index >= 15 is 0 Å². The highest BCUT2D eigenvalue weighted by atomic mass is 19.1. The SMILES string of the molecule is CC(=O)NC[C@H](O)CN(C=O)c1ccc(-c2ccc(CN)cc2)c(F)c1. The summed E-state index contributed by atoms with van der Waals surface area (Å²) in [6, 6.07) is 11.7. The van der Waals surface area contributed by atoms with Crippen molar-refractivity contribution in [1.29, 1.82) is 0 Å². The number of benzene rings is 2. The molecule has 0 radical (unpaired) electrons. The fourth-order valence-electron chi connectivity index (χ4n) is 2.50. The number of nitrogens with one attached hydrogen (secondary N) is 1. The van der Waals surface area contributed by atoms with E-state index in [9.17, 15) is 19.1 Å². The molecule has 0 saturated carbocycles. The molecular weight excluding hydrogens is 337 g/mol. The van der Waals surface area contributed by atoms with Crippen LogP contribution in [0.2, 0.25) is 0 Å². The lowest BCUT2D eigenvalue weighted by atomic mass is 10.0. The van der Waals surface area contributed by atoms with Crippen molar-refractivity contribution in [3.63, 3.8) is 0 Å². The minimum Gasteiger partial charge on any atom is -0.389 e. The molecule has 0 aromatic heterocycles. The van der Waals surface area contributed by atoms with Gasteiger partial charge in [0.2, 0.25) is 12.3 Å². The lowest BCUT2D eigenvalue weighted by Crippen LogP contribution is -2.39. The number of amides is 2. The topological polar surface area (TPSA) is 95.7 Å². The number of aliphatic hydroxyl groups is 1. The van der Waals surface area contributed by atoms with Crippen molar-refractivity contribution in [1.82, 2.24) is 5.32 Å². The largest absolute Gasteiger partial charge is 0.389 e. The van der Waals surface area contributed by atoms with Gasteiger partial charge in [-0.3, -0.25) is 9.59 Å². The molecule has 2 rings (SSSR count). The summed E-state index contributed by atoms with van der Waals surface area (Å²) >= 11 is 0. The van der Waals surface area contributed by atoms with Crippen LogP contribution in [0.3, 0.4) is 0 Å². The van der Waals surface area contributed by atoms with Crippen LogP contribution in [0.15, 0.2) is 42.5 Å². The molecule has 2 aromatic carbocycles. The standard InChI is InChI=1S/C19H22FN3O3/c1-13(25)22-10-17(26)11-23(12-24)16-6-7-18(19(20)8-16)15-4-2-14(9-21)3-5-15/h2-8,12,17,26H,9-11,21H2,1H3,(H,22,25)/t17-/m0/s1. The third-order valence-corrected chi connectivity index (χ3v) is 3.91. The second-order valence-corrected chi connectivity index (χ2v) is 5.91. The van der Waals surface area contributed by atoms with Gasteiger partial charge in [0.05, 0.1) is 12.6 Å². The Morgan fingerprint density at radius 1 is 1.31 bits per heavy atom. The molecule has 0 aliphatic heterocycles. The van der Waals surface area contributed by atoms with Crippen molar-refractivity contribution in [2.24, 2.45) is 5.73 Å². The quantitative estimate of drug-likeness (QED) is 0.621. The molecule has 6 nitrogen and oxygen atoms in total. The number of carbonyl (C=O) groups excluding carboxylic acids is 2. The zero-order valence-electron chi connectivity index (χ0n) is 14.5. The smallest absolute Gasteiger partial charge is 0.216 e. The Labute approximate surface area is 151 Å². The molecule has 0 saturated heterocycles. The zero-order valence-corrected chi connectivity index (χ0v) is 14.5. The summed E-state index contributed by atoms with van der Waals surface area (Å²) in [4.78, 5) is 23.4. The predicted octanol–water partition coefficient (Wildman–Crippen LogP) is 1.41. The number of aliphatic hydroxyl groups excluding tert-OH is 1. The summed E-state index contributed by atoms with van der Waals surface area (Å²) in [6.45, 7) is 1.69. The highest BCUT2D eigenvalue weighted by molar-refractivity contribution is 5.77. The normalized spacial score (nSPS) is 11.7. The number of nitrogens with zero attached hydrogens (tertiary/aromatic N) is 1. The summed E-state index contributed by atoms with van der Waals surface area (Å²) in [5.41, 5.74) is 7.94. The second kappa shape index (κ2) is 9.07. The lowest BCUT2D eigenvalue weighted by molar-refractivity contribution is -0.119. The van der Waals surface area contributed by atoms with E-state index < -0.39 is 11.9 Å². The number of hydrogen-bond acceptors (Lipinski definition) is 4. The van der Waals surface area contributed by atoms with E-state index in [1.165, 1.54) is 17.9 Å². The molecule has 0 fully saturated rings. The molecule has 0 unspecified atom stereocenters. The highest BCUT2D eigenvalue weighted by Crippen LogP contribution is 2.27. The third-order valence-electron chi connectivity index (χ3n) is 3.91. The van der Waals surface area contributed by atoms with Crippen molar-refractivity contribution in [2.45, 2.75) is 19.6 Å². The molecule has 0 bridgehead atoms. The summed E-state index contributed by atoms with van der Waals surface area (Å²) in [5.74, 6) is -0.760. The molecule has 0 heterocycles. The molecule has 1 atom stereocenters. The van der Waals surface area contributed by atoms with E-state index in [0.717, 1.165) is 5.56 Å². The molecular formula is C19H22FN3O3. The molecule has 2 aromatic rings. The van der Waals surface area contributed by atoms with E-state index in [-0.39, 0.29) is 19.0 Å². The summed E-state index contributed by atoms with van der Waals surface area (Å²) in [5, 5.41) is 12.4. The molecule has 0 spiro atoms. The lowest BCUT2D eigenvalue weighted by Gasteiger charge is -2.21. The minimum atomic E-state index is -0.962. The van der Waals surface area contributed by atoms with Crippen molar-refractivity contribution in [2.75, 3.05) is 18.0 Å². The molecule has 26 heavy (non-hydrogen) atoms. The fraction of sp³-hybridized carbons (Fsp3) is 0.263. The Balaban J connectivity index is 2.15. The van der Waals surface area contributed by atoms with Crippen LogP contribution in [-0.2, 0) is 16.1 Å². The Morgan fingerprint density at radius 2 is 2.00 bits per heavy atom. The van der Waals surface area contributed by atoms with Gasteiger partial charge < -0.3 is 21.1 Å². The van der Waals surface area contributed by atoms with E-state index in [0.29, 0.717) is 29.8 Å². The molecule has 4 N–H and O–H groups in total. The monoisotopic (exact) mass is 359 g/mol. The van der Waals surface area contributed by atoms with Gasteiger partial charge in [0, 0.05) is 31.3 Å². The molecule has 0 aliphatic carbocycles. The average Bonchev–Trinajstić information content (AvgIpc) is 2.64. The van der Waals surface area contributed by atoms with Crippen molar-refractivity contribution in [3.8, 4) is 11.1 Å². The first-order chi connectivity index (χ1) is 12.4. The maximum atomic E-state index is 14.5. The van der Waals surface area contributed by atoms with Gasteiger partial charge in [0.25, 0.3) is 0 Å². The first-order valence-corrected chi connectivity index (χ1v) is 8.18. The zero-order chi connectivity index (χ0) is 19.1. The Morgan fingerprint density at radius 3 is 2.54 bits per heavy atom. The van der Waals surface area contributed by atoms with Crippen LogP contribution in [0, 0.1) is 5.82 Å². The highest BCUT2D eigenvalue weighted by Gasteiger charge is 2.15. The van der Waals surface area contributed by atoms with Gasteiger partial charge in [-0.05, 0) is 29.3 Å². The first kappa shape index (κ1) is 19.6. The number of hydrogen-bond donors (Lipinski definition) is 3. The van der Waals surface area contributed by atoms with Crippen LogP contribution in [0.5, 0.6) is 0 Å². The van der Waals surface area contributed by atoms with Crippen LogP contribution in [0.1, 0.15) is 12.5 Å². The van der Waals surface area contributed by atoms with Crippen LogP contribution in [0.25, 0.3) is 11.1 Å². The van der Waals surface area contributed by atoms with Crippen LogP contribution in [-0.4, -0.2) is 36.6 Å². The molecule has 2 amide bonds. The molecule has 138 valence electrons. The van der Waals surface area contributed by atoms with E-state index in [4.69, 9.17) is 5.73 Å². The summed E-state index contributed by atoms with van der Waals surface area (Å²) in [6.07, 6.45) is -0.447. The number of nitrogens with two attached hydrogens (primary N) is 1. The van der Waals surface area contributed by atoms with Gasteiger partial charge >= 0.3 is 0 Å². The predicted molar refractivity (Wildman–Crippen MR) is 97.8 cm³/mol. The number of halogens is 1. The van der Waals surface area contributed by atoms with Crippen LogP contribution >= 0.6 is 0 Å².